The first kappa shape index (κ1) is 15.4. The summed E-state index contributed by atoms with van der Waals surface area (Å²) in [5, 5.41) is 9.68. The van der Waals surface area contributed by atoms with E-state index in [2.05, 4.69) is 30.5 Å². The predicted octanol–water partition coefficient (Wildman–Crippen LogP) is 1.57. The number of aromatic amines is 1. The Morgan fingerprint density at radius 2 is 2.17 bits per heavy atom. The Balaban J connectivity index is 1.62. The van der Waals surface area contributed by atoms with Gasteiger partial charge in [-0.25, -0.2) is 9.97 Å². The lowest BCUT2D eigenvalue weighted by Gasteiger charge is -2.31. The van der Waals surface area contributed by atoms with Crippen LogP contribution in [0.15, 0.2) is 18.5 Å². The fourth-order valence-corrected chi connectivity index (χ4v) is 2.63. The zero-order valence-electron chi connectivity index (χ0n) is 13.4. The zero-order valence-corrected chi connectivity index (χ0v) is 13.4. The SMILES string of the molecule is CC(C)c1nc(NC(=O)[C@@H]2CCCN(c3ncccn3)C2)n[nH]1. The Morgan fingerprint density at radius 1 is 1.39 bits per heavy atom. The molecule has 0 saturated carbocycles. The van der Waals surface area contributed by atoms with Crippen LogP contribution in [-0.2, 0) is 4.79 Å². The van der Waals surface area contributed by atoms with Crippen LogP contribution < -0.4 is 10.2 Å². The maximum Gasteiger partial charge on any atom is 0.248 e. The third kappa shape index (κ3) is 3.64. The summed E-state index contributed by atoms with van der Waals surface area (Å²) in [6.45, 7) is 5.51. The lowest BCUT2D eigenvalue weighted by atomic mass is 9.97. The smallest absolute Gasteiger partial charge is 0.248 e. The number of rotatable bonds is 4. The quantitative estimate of drug-likeness (QED) is 0.888. The number of carbonyl (C=O) groups is 1. The van der Waals surface area contributed by atoms with Crippen LogP contribution in [0.1, 0.15) is 38.4 Å². The molecule has 1 aliphatic heterocycles. The number of H-pyrrole nitrogens is 1. The molecule has 8 heteroatoms. The maximum atomic E-state index is 12.5. The number of aromatic nitrogens is 5. The third-order valence-electron chi connectivity index (χ3n) is 3.91. The van der Waals surface area contributed by atoms with E-state index in [0.717, 1.165) is 25.2 Å². The minimum Gasteiger partial charge on any atom is -0.340 e. The van der Waals surface area contributed by atoms with Gasteiger partial charge in [-0.3, -0.25) is 15.2 Å². The first-order valence-corrected chi connectivity index (χ1v) is 7.88. The lowest BCUT2D eigenvalue weighted by Crippen LogP contribution is -2.41. The number of hydrogen-bond donors (Lipinski definition) is 2. The van der Waals surface area contributed by atoms with E-state index in [4.69, 9.17) is 0 Å². The van der Waals surface area contributed by atoms with E-state index in [0.29, 0.717) is 18.4 Å². The molecular formula is C15H21N7O. The van der Waals surface area contributed by atoms with E-state index in [-0.39, 0.29) is 17.7 Å². The van der Waals surface area contributed by atoms with E-state index in [1.54, 1.807) is 18.5 Å². The summed E-state index contributed by atoms with van der Waals surface area (Å²) in [4.78, 5) is 27.3. The lowest BCUT2D eigenvalue weighted by molar-refractivity contribution is -0.120. The van der Waals surface area contributed by atoms with E-state index in [1.807, 2.05) is 18.7 Å². The molecule has 1 atom stereocenters. The van der Waals surface area contributed by atoms with Crippen LogP contribution in [0.3, 0.4) is 0 Å². The van der Waals surface area contributed by atoms with Gasteiger partial charge in [0.05, 0.1) is 5.92 Å². The van der Waals surface area contributed by atoms with Gasteiger partial charge in [-0.15, -0.1) is 5.10 Å². The molecule has 0 aromatic carbocycles. The molecule has 0 bridgehead atoms. The summed E-state index contributed by atoms with van der Waals surface area (Å²) < 4.78 is 0. The molecular weight excluding hydrogens is 294 g/mol. The molecule has 1 aliphatic rings. The third-order valence-corrected chi connectivity index (χ3v) is 3.91. The highest BCUT2D eigenvalue weighted by Gasteiger charge is 2.27. The maximum absolute atomic E-state index is 12.5. The van der Waals surface area contributed by atoms with E-state index < -0.39 is 0 Å². The summed E-state index contributed by atoms with van der Waals surface area (Å²) in [5.74, 6) is 1.85. The van der Waals surface area contributed by atoms with Crippen molar-refractivity contribution in [2.45, 2.75) is 32.6 Å². The molecule has 0 aliphatic carbocycles. The monoisotopic (exact) mass is 315 g/mol. The Bertz CT molecular complexity index is 655. The number of piperidine rings is 1. The van der Waals surface area contributed by atoms with Gasteiger partial charge in [-0.05, 0) is 18.9 Å². The zero-order chi connectivity index (χ0) is 16.2. The Hall–Kier alpha value is -2.51. The molecule has 0 spiro atoms. The van der Waals surface area contributed by atoms with Gasteiger partial charge in [-0.1, -0.05) is 13.8 Å². The van der Waals surface area contributed by atoms with E-state index in [1.165, 1.54) is 0 Å². The fraction of sp³-hybridized carbons (Fsp3) is 0.533. The van der Waals surface area contributed by atoms with Gasteiger partial charge < -0.3 is 4.90 Å². The number of carbonyl (C=O) groups excluding carboxylic acids is 1. The summed E-state index contributed by atoms with van der Waals surface area (Å²) in [6.07, 6.45) is 5.21. The molecule has 1 saturated heterocycles. The summed E-state index contributed by atoms with van der Waals surface area (Å²) in [6, 6.07) is 1.78. The molecule has 0 unspecified atom stereocenters. The number of amides is 1. The number of anilines is 2. The van der Waals surface area contributed by atoms with Crippen LogP contribution in [0.2, 0.25) is 0 Å². The first-order chi connectivity index (χ1) is 11.1. The first-order valence-electron chi connectivity index (χ1n) is 7.88. The Kier molecular flexibility index (Phi) is 4.50. The second-order valence-corrected chi connectivity index (χ2v) is 6.02. The van der Waals surface area contributed by atoms with Crippen LogP contribution in [0, 0.1) is 5.92 Å². The van der Waals surface area contributed by atoms with Crippen LogP contribution in [0.5, 0.6) is 0 Å². The molecule has 3 rings (SSSR count). The van der Waals surface area contributed by atoms with Crippen LogP contribution in [0.25, 0.3) is 0 Å². The minimum absolute atomic E-state index is 0.0556. The highest BCUT2D eigenvalue weighted by atomic mass is 16.2. The highest BCUT2D eigenvalue weighted by molar-refractivity contribution is 5.91. The van der Waals surface area contributed by atoms with Crippen molar-refractivity contribution in [1.29, 1.82) is 0 Å². The average Bonchev–Trinajstić information content (AvgIpc) is 3.04. The Morgan fingerprint density at radius 3 is 2.87 bits per heavy atom. The van der Waals surface area contributed by atoms with Crippen molar-refractivity contribution in [1.82, 2.24) is 25.1 Å². The molecule has 3 heterocycles. The molecule has 0 radical (unpaired) electrons. The van der Waals surface area contributed by atoms with Crippen LogP contribution in [-0.4, -0.2) is 44.1 Å². The van der Waals surface area contributed by atoms with Crippen LogP contribution in [0.4, 0.5) is 11.9 Å². The van der Waals surface area contributed by atoms with Gasteiger partial charge in [0.15, 0.2) is 0 Å². The van der Waals surface area contributed by atoms with E-state index >= 15 is 0 Å². The summed E-state index contributed by atoms with van der Waals surface area (Å²) >= 11 is 0. The second-order valence-electron chi connectivity index (χ2n) is 6.02. The Labute approximate surface area is 134 Å². The molecule has 1 fully saturated rings. The topological polar surface area (TPSA) is 99.7 Å². The van der Waals surface area contributed by atoms with Crippen molar-refractivity contribution in [3.8, 4) is 0 Å². The number of nitrogens with one attached hydrogen (secondary N) is 2. The van der Waals surface area contributed by atoms with E-state index in [9.17, 15) is 4.79 Å². The second kappa shape index (κ2) is 6.72. The standard InChI is InChI=1S/C15H21N7O/c1-10(2)12-18-14(21-20-12)19-13(23)11-5-3-8-22(9-11)15-16-6-4-7-17-15/h4,6-7,10-11H,3,5,8-9H2,1-2H3,(H2,18,19,20,21,23)/t11-/m1/s1. The summed E-state index contributed by atoms with van der Waals surface area (Å²) in [7, 11) is 0. The van der Waals surface area contributed by atoms with Crippen LogP contribution >= 0.6 is 0 Å². The van der Waals surface area contributed by atoms with Crippen molar-refractivity contribution in [3.63, 3.8) is 0 Å². The van der Waals surface area contributed by atoms with Gasteiger partial charge in [0.2, 0.25) is 17.8 Å². The number of hydrogen-bond acceptors (Lipinski definition) is 6. The van der Waals surface area contributed by atoms with Crippen molar-refractivity contribution < 1.29 is 4.79 Å². The molecule has 8 nitrogen and oxygen atoms in total. The average molecular weight is 315 g/mol. The molecule has 23 heavy (non-hydrogen) atoms. The van der Waals surface area contributed by atoms with Gasteiger partial charge in [-0.2, -0.15) is 4.98 Å². The van der Waals surface area contributed by atoms with Crippen molar-refractivity contribution in [2.75, 3.05) is 23.3 Å². The fourth-order valence-electron chi connectivity index (χ4n) is 2.63. The molecule has 122 valence electrons. The predicted molar refractivity (Wildman–Crippen MR) is 86.1 cm³/mol. The van der Waals surface area contributed by atoms with Crippen molar-refractivity contribution in [3.05, 3.63) is 24.3 Å². The van der Waals surface area contributed by atoms with Gasteiger partial charge in [0.1, 0.15) is 5.82 Å². The van der Waals surface area contributed by atoms with Gasteiger partial charge in [0, 0.05) is 31.4 Å². The van der Waals surface area contributed by atoms with Crippen molar-refractivity contribution >= 4 is 17.8 Å². The molecule has 1 amide bonds. The van der Waals surface area contributed by atoms with Gasteiger partial charge in [0.25, 0.3) is 0 Å². The molecule has 2 N–H and O–H groups in total. The largest absolute Gasteiger partial charge is 0.340 e. The normalized spacial score (nSPS) is 18.2. The van der Waals surface area contributed by atoms with Gasteiger partial charge >= 0.3 is 0 Å². The van der Waals surface area contributed by atoms with Crippen molar-refractivity contribution in [2.24, 2.45) is 5.92 Å². The highest BCUT2D eigenvalue weighted by Crippen LogP contribution is 2.21. The number of nitrogens with zero attached hydrogens (tertiary/aromatic N) is 5. The minimum atomic E-state index is -0.117. The molecule has 2 aromatic heterocycles. The summed E-state index contributed by atoms with van der Waals surface area (Å²) in [5.41, 5.74) is 0. The molecule has 2 aromatic rings.